The Morgan fingerprint density at radius 3 is 2.88 bits per heavy atom. The Kier molecular flexibility index (Phi) is 3.68. The van der Waals surface area contributed by atoms with Crippen molar-refractivity contribution in [1.82, 2.24) is 5.32 Å². The number of methoxy groups -OCH3 is 1. The van der Waals surface area contributed by atoms with Crippen LogP contribution in [-0.2, 0) is 0 Å². The molecule has 0 saturated carbocycles. The van der Waals surface area contributed by atoms with Gasteiger partial charge in [-0.05, 0) is 35.1 Å². The molecule has 2 aromatic rings. The van der Waals surface area contributed by atoms with E-state index < -0.39 is 0 Å². The fourth-order valence-corrected chi connectivity index (χ4v) is 2.90. The first-order valence-electron chi connectivity index (χ1n) is 4.79. The predicted octanol–water partition coefficient (Wildman–Crippen LogP) is 3.42. The summed E-state index contributed by atoms with van der Waals surface area (Å²) >= 11 is 5.11. The normalized spacial score (nSPS) is 12.7. The third-order valence-electron chi connectivity index (χ3n) is 2.31. The molecule has 0 bridgehead atoms. The van der Waals surface area contributed by atoms with E-state index in [0.717, 1.165) is 20.9 Å². The van der Waals surface area contributed by atoms with Crippen LogP contribution in [0.2, 0.25) is 0 Å². The van der Waals surface area contributed by atoms with Crippen molar-refractivity contribution in [3.05, 3.63) is 38.9 Å². The summed E-state index contributed by atoms with van der Waals surface area (Å²) in [6.45, 7) is 0. The maximum absolute atomic E-state index is 5.47. The number of hydrogen-bond donors (Lipinski definition) is 1. The van der Waals surface area contributed by atoms with E-state index in [4.69, 9.17) is 9.15 Å². The van der Waals surface area contributed by atoms with Crippen LogP contribution in [0.1, 0.15) is 16.7 Å². The molecule has 1 N–H and O–H groups in total. The third-order valence-corrected chi connectivity index (χ3v) is 3.94. The van der Waals surface area contributed by atoms with Gasteiger partial charge >= 0.3 is 0 Å². The number of hydrogen-bond acceptors (Lipinski definition) is 4. The van der Waals surface area contributed by atoms with Gasteiger partial charge in [0.1, 0.15) is 17.6 Å². The molecule has 0 saturated heterocycles. The van der Waals surface area contributed by atoms with Gasteiger partial charge in [0, 0.05) is 10.3 Å². The summed E-state index contributed by atoms with van der Waals surface area (Å²) in [4.78, 5) is 1.16. The van der Waals surface area contributed by atoms with Crippen LogP contribution in [0.4, 0.5) is 0 Å². The molecule has 3 nitrogen and oxygen atoms in total. The standard InChI is InChI=1S/C11H12BrNO2S/c1-13-10(11-8(12)3-4-15-11)9-5-7(14-2)6-16-9/h3-6,10,13H,1-2H3. The Bertz CT molecular complexity index is 466. The van der Waals surface area contributed by atoms with E-state index in [9.17, 15) is 0 Å². The van der Waals surface area contributed by atoms with Gasteiger partial charge in [0.15, 0.2) is 0 Å². The van der Waals surface area contributed by atoms with Crippen LogP contribution in [-0.4, -0.2) is 14.2 Å². The molecule has 86 valence electrons. The van der Waals surface area contributed by atoms with Gasteiger partial charge in [-0.3, -0.25) is 0 Å². The molecular formula is C11H12BrNO2S. The first-order valence-corrected chi connectivity index (χ1v) is 6.46. The quantitative estimate of drug-likeness (QED) is 0.939. The van der Waals surface area contributed by atoms with Crippen molar-refractivity contribution in [2.45, 2.75) is 6.04 Å². The molecule has 0 aliphatic rings. The van der Waals surface area contributed by atoms with Gasteiger partial charge in [-0.1, -0.05) is 0 Å². The fourth-order valence-electron chi connectivity index (χ4n) is 1.51. The number of thiophene rings is 1. The van der Waals surface area contributed by atoms with Crippen LogP contribution in [0.15, 0.2) is 32.7 Å². The minimum Gasteiger partial charge on any atom is -0.496 e. The second-order valence-corrected chi connectivity index (χ2v) is 5.04. The van der Waals surface area contributed by atoms with Crippen LogP contribution < -0.4 is 10.1 Å². The molecule has 16 heavy (non-hydrogen) atoms. The van der Waals surface area contributed by atoms with Crippen LogP contribution >= 0.6 is 27.3 Å². The molecule has 0 aliphatic heterocycles. The van der Waals surface area contributed by atoms with E-state index in [-0.39, 0.29) is 6.04 Å². The minimum atomic E-state index is 0.0540. The molecule has 0 fully saturated rings. The van der Waals surface area contributed by atoms with Crippen LogP contribution in [0, 0.1) is 0 Å². The summed E-state index contributed by atoms with van der Waals surface area (Å²) in [6.07, 6.45) is 1.68. The van der Waals surface area contributed by atoms with E-state index in [2.05, 4.69) is 21.2 Å². The molecule has 1 unspecified atom stereocenters. The summed E-state index contributed by atoms with van der Waals surface area (Å²) < 4.78 is 11.6. The molecule has 2 heterocycles. The van der Waals surface area contributed by atoms with E-state index in [1.165, 1.54) is 0 Å². The maximum Gasteiger partial charge on any atom is 0.140 e. The van der Waals surface area contributed by atoms with Gasteiger partial charge in [-0.15, -0.1) is 11.3 Å². The van der Waals surface area contributed by atoms with Crippen LogP contribution in [0.3, 0.4) is 0 Å². The fraction of sp³-hybridized carbons (Fsp3) is 0.273. The zero-order valence-electron chi connectivity index (χ0n) is 8.99. The highest BCUT2D eigenvalue weighted by Gasteiger charge is 2.20. The zero-order chi connectivity index (χ0) is 11.5. The van der Waals surface area contributed by atoms with E-state index in [1.54, 1.807) is 24.7 Å². The van der Waals surface area contributed by atoms with E-state index in [1.807, 2.05) is 24.6 Å². The highest BCUT2D eigenvalue weighted by Crippen LogP contribution is 2.34. The van der Waals surface area contributed by atoms with Gasteiger partial charge in [0.25, 0.3) is 0 Å². The first kappa shape index (κ1) is 11.7. The first-order chi connectivity index (χ1) is 7.76. The minimum absolute atomic E-state index is 0.0540. The van der Waals surface area contributed by atoms with Crippen molar-refractivity contribution in [3.63, 3.8) is 0 Å². The summed E-state index contributed by atoms with van der Waals surface area (Å²) in [5.74, 6) is 1.76. The number of halogens is 1. The van der Waals surface area contributed by atoms with Gasteiger partial charge in [0.05, 0.1) is 17.8 Å². The van der Waals surface area contributed by atoms with Gasteiger partial charge in [-0.2, -0.15) is 0 Å². The zero-order valence-corrected chi connectivity index (χ0v) is 11.4. The lowest BCUT2D eigenvalue weighted by molar-refractivity contribution is 0.415. The topological polar surface area (TPSA) is 34.4 Å². The summed E-state index contributed by atoms with van der Waals surface area (Å²) in [7, 11) is 3.58. The molecule has 2 rings (SSSR count). The smallest absolute Gasteiger partial charge is 0.140 e. The van der Waals surface area contributed by atoms with Crippen LogP contribution in [0.5, 0.6) is 5.75 Å². The Balaban J connectivity index is 2.32. The molecule has 0 aliphatic carbocycles. The number of rotatable bonds is 4. The largest absolute Gasteiger partial charge is 0.496 e. The van der Waals surface area contributed by atoms with Gasteiger partial charge < -0.3 is 14.5 Å². The molecule has 1 atom stereocenters. The summed E-state index contributed by atoms with van der Waals surface area (Å²) in [6, 6.07) is 3.96. The second kappa shape index (κ2) is 5.03. The molecule has 0 spiro atoms. The predicted molar refractivity (Wildman–Crippen MR) is 68.2 cm³/mol. The average molecular weight is 302 g/mol. The lowest BCUT2D eigenvalue weighted by Crippen LogP contribution is -2.16. The molecule has 0 amide bonds. The monoisotopic (exact) mass is 301 g/mol. The Morgan fingerprint density at radius 1 is 1.56 bits per heavy atom. The Hall–Kier alpha value is -0.780. The maximum atomic E-state index is 5.47. The summed E-state index contributed by atoms with van der Waals surface area (Å²) in [5.41, 5.74) is 0. The lowest BCUT2D eigenvalue weighted by atomic mass is 10.2. The second-order valence-electron chi connectivity index (χ2n) is 3.24. The molecular weight excluding hydrogens is 290 g/mol. The lowest BCUT2D eigenvalue weighted by Gasteiger charge is -2.11. The average Bonchev–Trinajstić information content (AvgIpc) is 2.90. The number of nitrogens with one attached hydrogen (secondary N) is 1. The molecule has 0 radical (unpaired) electrons. The highest BCUT2D eigenvalue weighted by atomic mass is 79.9. The van der Waals surface area contributed by atoms with Crippen molar-refractivity contribution in [2.75, 3.05) is 14.2 Å². The number of furan rings is 1. The van der Waals surface area contributed by atoms with Gasteiger partial charge in [0.2, 0.25) is 0 Å². The Labute approximate surface area is 107 Å². The van der Waals surface area contributed by atoms with Crippen LogP contribution in [0.25, 0.3) is 0 Å². The van der Waals surface area contributed by atoms with Crippen molar-refractivity contribution in [3.8, 4) is 5.75 Å². The van der Waals surface area contributed by atoms with Gasteiger partial charge in [-0.25, -0.2) is 0 Å². The highest BCUT2D eigenvalue weighted by molar-refractivity contribution is 9.10. The third kappa shape index (κ3) is 2.16. The molecule has 2 aromatic heterocycles. The van der Waals surface area contributed by atoms with Crippen molar-refractivity contribution < 1.29 is 9.15 Å². The number of ether oxygens (including phenoxy) is 1. The van der Waals surface area contributed by atoms with Crippen molar-refractivity contribution in [2.24, 2.45) is 0 Å². The van der Waals surface area contributed by atoms with Crippen molar-refractivity contribution >= 4 is 27.3 Å². The molecule has 5 heteroatoms. The van der Waals surface area contributed by atoms with E-state index >= 15 is 0 Å². The van der Waals surface area contributed by atoms with E-state index in [0.29, 0.717) is 0 Å². The van der Waals surface area contributed by atoms with Crippen molar-refractivity contribution in [1.29, 1.82) is 0 Å². The Morgan fingerprint density at radius 2 is 2.38 bits per heavy atom. The summed E-state index contributed by atoms with van der Waals surface area (Å²) in [5, 5.41) is 5.21. The SMILES string of the molecule is CNC(c1cc(OC)cs1)c1occc1Br. The molecule has 0 aromatic carbocycles.